The number of rotatable bonds is 4. The molecule has 1 rings (SSSR count). The Labute approximate surface area is 101 Å². The monoisotopic (exact) mass is 261 g/mol. The third-order valence-electron chi connectivity index (χ3n) is 2.11. The molecule has 98 valence electrons. The zero-order chi connectivity index (χ0) is 13.8. The number of carbonyl (C=O) groups is 1. The van der Waals surface area contributed by atoms with Crippen LogP contribution in [0.2, 0.25) is 0 Å². The van der Waals surface area contributed by atoms with Crippen molar-refractivity contribution in [2.75, 3.05) is 0 Å². The summed E-state index contributed by atoms with van der Waals surface area (Å²) >= 11 is 0. The molecule has 0 aliphatic carbocycles. The standard InChI is InChI=1S/C12H11F4NO/c1-8(6-11(18)12(14,15)16)17-7-9-2-4-10(13)5-3-9/h2-6,17H,7H2,1H3/b8-6+. The summed E-state index contributed by atoms with van der Waals surface area (Å²) in [6.07, 6.45) is -4.37. The van der Waals surface area contributed by atoms with Crippen LogP contribution in [0.25, 0.3) is 0 Å². The molecular weight excluding hydrogens is 250 g/mol. The molecule has 0 heterocycles. The summed E-state index contributed by atoms with van der Waals surface area (Å²) in [4.78, 5) is 10.6. The Kier molecular flexibility index (Phi) is 4.47. The normalized spacial score (nSPS) is 12.4. The fourth-order valence-corrected chi connectivity index (χ4v) is 1.17. The lowest BCUT2D eigenvalue weighted by molar-refractivity contribution is -0.165. The third kappa shape index (κ3) is 4.57. The van der Waals surface area contributed by atoms with Crippen molar-refractivity contribution in [1.29, 1.82) is 0 Å². The number of hydrogen-bond donors (Lipinski definition) is 1. The Bertz CT molecular complexity index is 448. The molecule has 18 heavy (non-hydrogen) atoms. The van der Waals surface area contributed by atoms with Gasteiger partial charge in [0.1, 0.15) is 5.82 Å². The summed E-state index contributed by atoms with van der Waals surface area (Å²) in [5.74, 6) is -2.30. The van der Waals surface area contributed by atoms with Crippen molar-refractivity contribution in [2.24, 2.45) is 0 Å². The first-order valence-electron chi connectivity index (χ1n) is 5.07. The Morgan fingerprint density at radius 2 is 1.83 bits per heavy atom. The largest absolute Gasteiger partial charge is 0.454 e. The van der Waals surface area contributed by atoms with Gasteiger partial charge in [-0.15, -0.1) is 0 Å². The minimum Gasteiger partial charge on any atom is -0.384 e. The zero-order valence-corrected chi connectivity index (χ0v) is 9.51. The highest BCUT2D eigenvalue weighted by molar-refractivity contribution is 5.94. The Morgan fingerprint density at radius 1 is 1.28 bits per heavy atom. The van der Waals surface area contributed by atoms with E-state index in [2.05, 4.69) is 5.32 Å². The van der Waals surface area contributed by atoms with Crippen LogP contribution in [-0.2, 0) is 11.3 Å². The molecule has 0 bridgehead atoms. The van der Waals surface area contributed by atoms with Crippen LogP contribution >= 0.6 is 0 Å². The predicted molar refractivity (Wildman–Crippen MR) is 58.1 cm³/mol. The van der Waals surface area contributed by atoms with Crippen LogP contribution in [-0.4, -0.2) is 12.0 Å². The molecule has 0 spiro atoms. The van der Waals surface area contributed by atoms with Gasteiger partial charge < -0.3 is 5.32 Å². The number of halogens is 4. The van der Waals surface area contributed by atoms with Crippen LogP contribution in [0.15, 0.2) is 36.0 Å². The summed E-state index contributed by atoms with van der Waals surface area (Å²) < 4.78 is 48.4. The lowest BCUT2D eigenvalue weighted by Gasteiger charge is -2.07. The first kappa shape index (κ1) is 14.2. The smallest absolute Gasteiger partial charge is 0.384 e. The van der Waals surface area contributed by atoms with Gasteiger partial charge in [0, 0.05) is 18.3 Å². The third-order valence-corrected chi connectivity index (χ3v) is 2.11. The minimum absolute atomic E-state index is 0.0988. The van der Waals surface area contributed by atoms with E-state index in [9.17, 15) is 22.4 Å². The molecular formula is C12H11F4NO. The molecule has 0 saturated heterocycles. The Morgan fingerprint density at radius 3 is 2.33 bits per heavy atom. The molecule has 2 nitrogen and oxygen atoms in total. The highest BCUT2D eigenvalue weighted by Crippen LogP contribution is 2.17. The van der Waals surface area contributed by atoms with Crippen LogP contribution in [0.5, 0.6) is 0 Å². The molecule has 0 saturated carbocycles. The number of alkyl halides is 3. The average Bonchev–Trinajstić information content (AvgIpc) is 2.27. The number of ketones is 1. The highest BCUT2D eigenvalue weighted by Gasteiger charge is 2.36. The van der Waals surface area contributed by atoms with Crippen molar-refractivity contribution >= 4 is 5.78 Å². The summed E-state index contributed by atoms with van der Waals surface area (Å²) in [5.41, 5.74) is 0.797. The van der Waals surface area contributed by atoms with Crippen LogP contribution in [0.4, 0.5) is 17.6 Å². The molecule has 0 fully saturated rings. The van der Waals surface area contributed by atoms with Gasteiger partial charge in [0.25, 0.3) is 5.78 Å². The predicted octanol–water partition coefficient (Wildman–Crippen LogP) is 2.95. The van der Waals surface area contributed by atoms with Gasteiger partial charge in [-0.3, -0.25) is 4.79 Å². The first-order chi connectivity index (χ1) is 8.29. The number of benzene rings is 1. The number of allylic oxidation sites excluding steroid dienone is 2. The minimum atomic E-state index is -4.86. The quantitative estimate of drug-likeness (QED) is 0.667. The van der Waals surface area contributed by atoms with Crippen molar-refractivity contribution in [3.8, 4) is 0 Å². The lowest BCUT2D eigenvalue weighted by Crippen LogP contribution is -2.22. The van der Waals surface area contributed by atoms with Crippen molar-refractivity contribution in [3.05, 3.63) is 47.4 Å². The Balaban J connectivity index is 2.56. The highest BCUT2D eigenvalue weighted by atomic mass is 19.4. The topological polar surface area (TPSA) is 29.1 Å². The maximum Gasteiger partial charge on any atom is 0.454 e. The van der Waals surface area contributed by atoms with Gasteiger partial charge in [0.2, 0.25) is 0 Å². The molecule has 0 atom stereocenters. The second-order valence-electron chi connectivity index (χ2n) is 3.67. The van der Waals surface area contributed by atoms with E-state index in [0.717, 1.165) is 0 Å². The summed E-state index contributed by atoms with van der Waals surface area (Å²) in [5, 5.41) is 2.64. The molecule has 1 aromatic rings. The maximum atomic E-state index is 12.6. The van der Waals surface area contributed by atoms with E-state index in [0.29, 0.717) is 11.6 Å². The number of nitrogens with one attached hydrogen (secondary N) is 1. The molecule has 1 N–H and O–H groups in total. The molecule has 0 radical (unpaired) electrons. The van der Waals surface area contributed by atoms with E-state index in [4.69, 9.17) is 0 Å². The molecule has 0 aromatic heterocycles. The van der Waals surface area contributed by atoms with Gasteiger partial charge in [-0.2, -0.15) is 13.2 Å². The second-order valence-corrected chi connectivity index (χ2v) is 3.67. The van der Waals surface area contributed by atoms with Gasteiger partial charge in [-0.1, -0.05) is 12.1 Å². The summed E-state index contributed by atoms with van der Waals surface area (Å²) in [6.45, 7) is 1.57. The average molecular weight is 261 g/mol. The Hall–Kier alpha value is -1.85. The van der Waals surface area contributed by atoms with E-state index < -0.39 is 17.8 Å². The number of carbonyl (C=O) groups excluding carboxylic acids is 1. The van der Waals surface area contributed by atoms with E-state index in [1.54, 1.807) is 0 Å². The fraction of sp³-hybridized carbons (Fsp3) is 0.250. The summed E-state index contributed by atoms with van der Waals surface area (Å²) in [7, 11) is 0. The van der Waals surface area contributed by atoms with Gasteiger partial charge in [0.15, 0.2) is 0 Å². The van der Waals surface area contributed by atoms with Gasteiger partial charge in [-0.05, 0) is 24.6 Å². The molecule has 0 aliphatic heterocycles. The van der Waals surface area contributed by atoms with Crippen LogP contribution in [0.3, 0.4) is 0 Å². The lowest BCUT2D eigenvalue weighted by atomic mass is 10.2. The molecule has 0 unspecified atom stereocenters. The maximum absolute atomic E-state index is 12.6. The fourth-order valence-electron chi connectivity index (χ4n) is 1.17. The van der Waals surface area contributed by atoms with E-state index in [1.165, 1.54) is 31.2 Å². The van der Waals surface area contributed by atoms with E-state index >= 15 is 0 Å². The van der Waals surface area contributed by atoms with Gasteiger partial charge >= 0.3 is 6.18 Å². The molecule has 0 amide bonds. The molecule has 0 aliphatic rings. The van der Waals surface area contributed by atoms with Gasteiger partial charge in [0.05, 0.1) is 0 Å². The SMILES string of the molecule is C/C(=C\C(=O)C(F)(F)F)NCc1ccc(F)cc1. The van der Waals surface area contributed by atoms with E-state index in [-0.39, 0.29) is 12.2 Å². The van der Waals surface area contributed by atoms with Crippen LogP contribution in [0.1, 0.15) is 12.5 Å². The second kappa shape index (κ2) is 5.66. The van der Waals surface area contributed by atoms with Crippen molar-refractivity contribution < 1.29 is 22.4 Å². The zero-order valence-electron chi connectivity index (χ0n) is 9.51. The van der Waals surface area contributed by atoms with Gasteiger partial charge in [-0.25, -0.2) is 4.39 Å². The van der Waals surface area contributed by atoms with E-state index in [1.807, 2.05) is 0 Å². The van der Waals surface area contributed by atoms with Crippen molar-refractivity contribution in [1.82, 2.24) is 5.32 Å². The summed E-state index contributed by atoms with van der Waals surface area (Å²) in [6, 6.07) is 5.50. The first-order valence-corrected chi connectivity index (χ1v) is 5.07. The number of hydrogen-bond acceptors (Lipinski definition) is 2. The van der Waals surface area contributed by atoms with Crippen molar-refractivity contribution in [3.63, 3.8) is 0 Å². The van der Waals surface area contributed by atoms with Crippen LogP contribution < -0.4 is 5.32 Å². The molecule has 6 heteroatoms. The molecule has 1 aromatic carbocycles. The van der Waals surface area contributed by atoms with Crippen LogP contribution in [0, 0.1) is 5.82 Å². The van der Waals surface area contributed by atoms with Crippen molar-refractivity contribution in [2.45, 2.75) is 19.6 Å².